The summed E-state index contributed by atoms with van der Waals surface area (Å²) in [5, 5.41) is 6.83. The first-order valence-electron chi connectivity index (χ1n) is 8.03. The molecule has 7 nitrogen and oxygen atoms in total. The highest BCUT2D eigenvalue weighted by molar-refractivity contribution is 7.19. The van der Waals surface area contributed by atoms with Gasteiger partial charge in [0.1, 0.15) is 21.6 Å². The van der Waals surface area contributed by atoms with Crippen LogP contribution in [0.25, 0.3) is 10.6 Å². The maximum absolute atomic E-state index is 13.9. The van der Waals surface area contributed by atoms with Gasteiger partial charge in [-0.15, -0.1) is 0 Å². The number of benzene rings is 1. The molecular formula is C17H17F2N5O2S. The molecule has 1 aromatic carbocycles. The van der Waals surface area contributed by atoms with Crippen LogP contribution in [0.1, 0.15) is 16.9 Å². The molecule has 0 fully saturated rings. The van der Waals surface area contributed by atoms with Gasteiger partial charge < -0.3 is 15.8 Å². The van der Waals surface area contributed by atoms with Crippen LogP contribution in [-0.2, 0) is 11.3 Å². The molecule has 0 spiro atoms. The number of nitrogens with one attached hydrogen (secondary N) is 1. The third-order valence-corrected chi connectivity index (χ3v) is 4.57. The predicted molar refractivity (Wildman–Crippen MR) is 98.6 cm³/mol. The number of ether oxygens (including phenoxy) is 1. The van der Waals surface area contributed by atoms with E-state index in [9.17, 15) is 13.6 Å². The Hall–Kier alpha value is -2.85. The van der Waals surface area contributed by atoms with E-state index in [1.165, 1.54) is 12.3 Å². The second kappa shape index (κ2) is 8.23. The van der Waals surface area contributed by atoms with Crippen LogP contribution in [0, 0.1) is 11.6 Å². The van der Waals surface area contributed by atoms with E-state index in [4.69, 9.17) is 10.5 Å². The van der Waals surface area contributed by atoms with Crippen molar-refractivity contribution >= 4 is 27.9 Å². The van der Waals surface area contributed by atoms with Gasteiger partial charge in [0.25, 0.3) is 5.91 Å². The second-order valence-corrected chi connectivity index (χ2v) is 6.65. The molecule has 0 atom stereocenters. The van der Waals surface area contributed by atoms with Crippen molar-refractivity contribution in [3.63, 3.8) is 0 Å². The van der Waals surface area contributed by atoms with Crippen LogP contribution in [0.3, 0.4) is 0 Å². The number of anilines is 2. The Kier molecular flexibility index (Phi) is 5.77. The predicted octanol–water partition coefficient (Wildman–Crippen LogP) is 3.16. The molecule has 3 N–H and O–H groups in total. The van der Waals surface area contributed by atoms with Crippen molar-refractivity contribution in [2.75, 3.05) is 24.8 Å². The van der Waals surface area contributed by atoms with Gasteiger partial charge in [0.05, 0.1) is 17.4 Å². The molecule has 27 heavy (non-hydrogen) atoms. The van der Waals surface area contributed by atoms with E-state index in [0.29, 0.717) is 18.8 Å². The van der Waals surface area contributed by atoms with Gasteiger partial charge in [-0.3, -0.25) is 9.48 Å². The van der Waals surface area contributed by atoms with Crippen molar-refractivity contribution in [3.05, 3.63) is 47.9 Å². The van der Waals surface area contributed by atoms with Gasteiger partial charge in [0, 0.05) is 26.5 Å². The summed E-state index contributed by atoms with van der Waals surface area (Å²) in [6, 6.07) is 3.49. The van der Waals surface area contributed by atoms with Gasteiger partial charge in [-0.05, 0) is 18.6 Å². The first-order valence-corrected chi connectivity index (χ1v) is 8.84. The third kappa shape index (κ3) is 4.29. The smallest absolute Gasteiger partial charge is 0.277 e. The van der Waals surface area contributed by atoms with Crippen LogP contribution in [0.2, 0.25) is 0 Å². The molecule has 0 aliphatic heterocycles. The lowest BCUT2D eigenvalue weighted by atomic mass is 10.2. The van der Waals surface area contributed by atoms with Crippen molar-refractivity contribution in [1.29, 1.82) is 0 Å². The Bertz CT molecular complexity index is 936. The van der Waals surface area contributed by atoms with Crippen LogP contribution >= 0.6 is 11.3 Å². The number of halogens is 2. The monoisotopic (exact) mass is 393 g/mol. The molecule has 2 aromatic heterocycles. The number of nitrogens with two attached hydrogens (primary N) is 1. The number of carbonyl (C=O) groups is 1. The maximum Gasteiger partial charge on any atom is 0.277 e. The molecule has 0 radical (unpaired) electrons. The zero-order chi connectivity index (χ0) is 19.4. The highest BCUT2D eigenvalue weighted by Crippen LogP contribution is 2.33. The number of aromatic nitrogens is 3. The molecule has 2 heterocycles. The van der Waals surface area contributed by atoms with Crippen molar-refractivity contribution in [2.45, 2.75) is 13.0 Å². The van der Waals surface area contributed by atoms with Crippen LogP contribution in [0.4, 0.5) is 19.5 Å². The number of thiazole rings is 1. The quantitative estimate of drug-likeness (QED) is 0.601. The standard InChI is InChI=1S/C17H17F2N5O2S/c1-26-7-3-6-24-9-10(8-21-24)22-16(25)14-15(20)27-17(23-14)13-11(18)4-2-5-12(13)19/h2,4-5,8-9H,3,6-7,20H2,1H3,(H,22,25). The zero-order valence-electron chi connectivity index (χ0n) is 14.4. The average molecular weight is 393 g/mol. The molecule has 0 aliphatic carbocycles. The van der Waals surface area contributed by atoms with E-state index < -0.39 is 17.5 Å². The zero-order valence-corrected chi connectivity index (χ0v) is 15.2. The summed E-state index contributed by atoms with van der Waals surface area (Å²) in [5.74, 6) is -2.12. The number of methoxy groups -OCH3 is 1. The number of aryl methyl sites for hydroxylation is 1. The highest BCUT2D eigenvalue weighted by Gasteiger charge is 2.21. The molecule has 3 aromatic rings. The minimum atomic E-state index is -0.770. The molecule has 0 bridgehead atoms. The highest BCUT2D eigenvalue weighted by atomic mass is 32.1. The Morgan fingerprint density at radius 2 is 2.11 bits per heavy atom. The largest absolute Gasteiger partial charge is 0.389 e. The van der Waals surface area contributed by atoms with Gasteiger partial charge in [0.15, 0.2) is 5.69 Å². The van der Waals surface area contributed by atoms with Gasteiger partial charge in [0.2, 0.25) is 0 Å². The Morgan fingerprint density at radius 3 is 2.81 bits per heavy atom. The van der Waals surface area contributed by atoms with Gasteiger partial charge in [-0.25, -0.2) is 13.8 Å². The number of nitrogen functional groups attached to an aromatic ring is 1. The van der Waals surface area contributed by atoms with E-state index in [-0.39, 0.29) is 21.3 Å². The number of carbonyl (C=O) groups excluding carboxylic acids is 1. The minimum Gasteiger partial charge on any atom is -0.389 e. The van der Waals surface area contributed by atoms with Crippen LogP contribution in [-0.4, -0.2) is 34.4 Å². The summed E-state index contributed by atoms with van der Waals surface area (Å²) in [4.78, 5) is 16.5. The fourth-order valence-electron chi connectivity index (χ4n) is 2.42. The summed E-state index contributed by atoms with van der Waals surface area (Å²) in [6.07, 6.45) is 3.93. The molecule has 142 valence electrons. The number of hydrogen-bond acceptors (Lipinski definition) is 6. The van der Waals surface area contributed by atoms with Crippen LogP contribution < -0.4 is 11.1 Å². The van der Waals surface area contributed by atoms with Gasteiger partial charge in [-0.2, -0.15) is 5.10 Å². The number of nitrogens with zero attached hydrogens (tertiary/aromatic N) is 3. The Labute approximate surface area is 157 Å². The topological polar surface area (TPSA) is 95.1 Å². The van der Waals surface area contributed by atoms with E-state index in [1.54, 1.807) is 18.0 Å². The van der Waals surface area contributed by atoms with Gasteiger partial charge in [-0.1, -0.05) is 17.4 Å². The third-order valence-electron chi connectivity index (χ3n) is 3.67. The van der Waals surface area contributed by atoms with Crippen LogP contribution in [0.15, 0.2) is 30.6 Å². The second-order valence-electron chi connectivity index (χ2n) is 5.62. The van der Waals surface area contributed by atoms with Crippen LogP contribution in [0.5, 0.6) is 0 Å². The number of amides is 1. The lowest BCUT2D eigenvalue weighted by Crippen LogP contribution is -2.13. The molecule has 0 saturated heterocycles. The lowest BCUT2D eigenvalue weighted by Gasteiger charge is -2.01. The maximum atomic E-state index is 13.9. The van der Waals surface area contributed by atoms with E-state index in [2.05, 4.69) is 15.4 Å². The molecule has 3 rings (SSSR count). The van der Waals surface area contributed by atoms with Crippen molar-refractivity contribution in [2.24, 2.45) is 0 Å². The van der Waals surface area contributed by atoms with Gasteiger partial charge >= 0.3 is 0 Å². The summed E-state index contributed by atoms with van der Waals surface area (Å²) < 4.78 is 34.5. The van der Waals surface area contributed by atoms with Crippen molar-refractivity contribution in [3.8, 4) is 10.6 Å². The molecular weight excluding hydrogens is 376 g/mol. The SMILES string of the molecule is COCCCn1cc(NC(=O)c2nc(-c3c(F)cccc3F)sc2N)cn1. The summed E-state index contributed by atoms with van der Waals surface area (Å²) in [6.45, 7) is 1.24. The first kappa shape index (κ1) is 18.9. The van der Waals surface area contributed by atoms with E-state index >= 15 is 0 Å². The summed E-state index contributed by atoms with van der Waals surface area (Å²) in [7, 11) is 1.62. The Morgan fingerprint density at radius 1 is 1.37 bits per heavy atom. The van der Waals surface area contributed by atoms with E-state index in [1.807, 2.05) is 0 Å². The minimum absolute atomic E-state index is 0.00325. The molecule has 10 heteroatoms. The number of hydrogen-bond donors (Lipinski definition) is 2. The summed E-state index contributed by atoms with van der Waals surface area (Å²) >= 11 is 0.845. The fourth-order valence-corrected chi connectivity index (χ4v) is 3.29. The first-order chi connectivity index (χ1) is 13.0. The number of rotatable bonds is 7. The van der Waals surface area contributed by atoms with E-state index in [0.717, 1.165) is 29.9 Å². The average Bonchev–Trinajstić information content (AvgIpc) is 3.22. The van der Waals surface area contributed by atoms with Crippen molar-refractivity contribution in [1.82, 2.24) is 14.8 Å². The fraction of sp³-hybridized carbons (Fsp3) is 0.235. The Balaban J connectivity index is 1.75. The molecule has 0 unspecified atom stereocenters. The molecule has 1 amide bonds. The molecule has 0 aliphatic rings. The normalized spacial score (nSPS) is 10.9. The summed E-state index contributed by atoms with van der Waals surface area (Å²) in [5.41, 5.74) is 5.90. The van der Waals surface area contributed by atoms with Crippen molar-refractivity contribution < 1.29 is 18.3 Å². The lowest BCUT2D eigenvalue weighted by molar-refractivity contribution is 0.102. The molecule has 0 saturated carbocycles.